The van der Waals surface area contributed by atoms with Crippen molar-refractivity contribution in [3.05, 3.63) is 58.3 Å². The Morgan fingerprint density at radius 1 is 1.40 bits per heavy atom. The van der Waals surface area contributed by atoms with Crippen LogP contribution in [-0.2, 0) is 6.54 Å². The van der Waals surface area contributed by atoms with Crippen molar-refractivity contribution in [2.45, 2.75) is 19.5 Å². The lowest BCUT2D eigenvalue weighted by atomic mass is 10.1. The number of halogens is 1. The average molecular weight is 337 g/mol. The molecule has 0 radical (unpaired) electrons. The van der Waals surface area contributed by atoms with Gasteiger partial charge in [0.15, 0.2) is 0 Å². The van der Waals surface area contributed by atoms with E-state index in [4.69, 9.17) is 0 Å². The molecule has 0 aliphatic heterocycles. The number of aliphatic hydroxyl groups excluding tert-OH is 1. The van der Waals surface area contributed by atoms with Gasteiger partial charge in [-0.15, -0.1) is 0 Å². The largest absolute Gasteiger partial charge is 0.394 e. The normalized spacial score (nSPS) is 12.2. The molecule has 106 valence electrons. The van der Waals surface area contributed by atoms with Crippen molar-refractivity contribution in [2.24, 2.45) is 0 Å². The number of nitrogens with one attached hydrogen (secondary N) is 1. The van der Waals surface area contributed by atoms with Gasteiger partial charge in [-0.2, -0.15) is 0 Å². The summed E-state index contributed by atoms with van der Waals surface area (Å²) in [5.74, 6) is -0.194. The second-order valence-corrected chi connectivity index (χ2v) is 5.36. The summed E-state index contributed by atoms with van der Waals surface area (Å²) in [7, 11) is 0. The molecule has 0 saturated carbocycles. The zero-order valence-electron chi connectivity index (χ0n) is 11.2. The van der Waals surface area contributed by atoms with Gasteiger partial charge < -0.3 is 15.0 Å². The molecule has 2 aromatic rings. The number of aliphatic hydroxyl groups is 1. The van der Waals surface area contributed by atoms with E-state index in [0.717, 1.165) is 10.0 Å². The highest BCUT2D eigenvalue weighted by molar-refractivity contribution is 9.10. The summed E-state index contributed by atoms with van der Waals surface area (Å²) in [4.78, 5) is 12.3. The molecule has 0 spiro atoms. The fraction of sp³-hybridized carbons (Fsp3) is 0.267. The third-order valence-corrected chi connectivity index (χ3v) is 3.56. The quantitative estimate of drug-likeness (QED) is 0.882. The molecule has 1 aromatic carbocycles. The van der Waals surface area contributed by atoms with Gasteiger partial charge in [0.1, 0.15) is 5.69 Å². The van der Waals surface area contributed by atoms with Crippen LogP contribution < -0.4 is 5.32 Å². The van der Waals surface area contributed by atoms with Crippen molar-refractivity contribution in [1.29, 1.82) is 0 Å². The summed E-state index contributed by atoms with van der Waals surface area (Å²) in [6, 6.07) is 10.8. The topological polar surface area (TPSA) is 54.3 Å². The van der Waals surface area contributed by atoms with Gasteiger partial charge in [0.25, 0.3) is 5.91 Å². The van der Waals surface area contributed by atoms with E-state index in [1.54, 1.807) is 6.07 Å². The number of carbonyl (C=O) groups is 1. The van der Waals surface area contributed by atoms with Gasteiger partial charge in [0.2, 0.25) is 0 Å². The van der Waals surface area contributed by atoms with Gasteiger partial charge >= 0.3 is 0 Å². The van der Waals surface area contributed by atoms with Crippen LogP contribution in [0.2, 0.25) is 0 Å². The maximum Gasteiger partial charge on any atom is 0.268 e. The number of aromatic nitrogens is 1. The lowest BCUT2D eigenvalue weighted by Crippen LogP contribution is -2.32. The highest BCUT2D eigenvalue weighted by atomic mass is 79.9. The van der Waals surface area contributed by atoms with E-state index < -0.39 is 6.04 Å². The van der Waals surface area contributed by atoms with E-state index in [1.165, 1.54) is 0 Å². The van der Waals surface area contributed by atoms with E-state index >= 15 is 0 Å². The first-order chi connectivity index (χ1) is 9.65. The SMILES string of the molecule is CCn1cc(Br)cc1C(=O)N[C@H](CO)c1ccccc1. The summed E-state index contributed by atoms with van der Waals surface area (Å²) in [5.41, 5.74) is 1.46. The first-order valence-corrected chi connectivity index (χ1v) is 7.27. The molecule has 4 nitrogen and oxygen atoms in total. The number of amides is 1. The van der Waals surface area contributed by atoms with Crippen LogP contribution in [0.15, 0.2) is 47.1 Å². The minimum atomic E-state index is -0.400. The molecule has 0 fully saturated rings. The third kappa shape index (κ3) is 3.29. The van der Waals surface area contributed by atoms with Gasteiger partial charge in [-0.05, 0) is 34.5 Å². The summed E-state index contributed by atoms with van der Waals surface area (Å²) >= 11 is 3.37. The minimum Gasteiger partial charge on any atom is -0.394 e. The highest BCUT2D eigenvalue weighted by Gasteiger charge is 2.17. The Kier molecular flexibility index (Phi) is 4.98. The molecule has 0 unspecified atom stereocenters. The molecule has 0 saturated heterocycles. The Balaban J connectivity index is 2.17. The second kappa shape index (κ2) is 6.72. The Morgan fingerprint density at radius 3 is 2.70 bits per heavy atom. The monoisotopic (exact) mass is 336 g/mol. The van der Waals surface area contributed by atoms with Crippen molar-refractivity contribution in [2.75, 3.05) is 6.61 Å². The molecule has 2 N–H and O–H groups in total. The number of benzene rings is 1. The Hall–Kier alpha value is -1.59. The van der Waals surface area contributed by atoms with Crippen LogP contribution in [0.3, 0.4) is 0 Å². The number of carbonyl (C=O) groups excluding carboxylic acids is 1. The van der Waals surface area contributed by atoms with Crippen molar-refractivity contribution < 1.29 is 9.90 Å². The van der Waals surface area contributed by atoms with Crippen molar-refractivity contribution >= 4 is 21.8 Å². The van der Waals surface area contributed by atoms with Gasteiger partial charge in [0.05, 0.1) is 12.6 Å². The molecular formula is C15H17BrN2O2. The van der Waals surface area contributed by atoms with Crippen molar-refractivity contribution in [3.8, 4) is 0 Å². The Morgan fingerprint density at radius 2 is 2.10 bits per heavy atom. The maximum atomic E-state index is 12.3. The lowest BCUT2D eigenvalue weighted by molar-refractivity contribution is 0.0907. The fourth-order valence-electron chi connectivity index (χ4n) is 2.08. The lowest BCUT2D eigenvalue weighted by Gasteiger charge is -2.17. The fourth-order valence-corrected chi connectivity index (χ4v) is 2.54. The smallest absolute Gasteiger partial charge is 0.268 e. The molecule has 1 heterocycles. The van der Waals surface area contributed by atoms with E-state index in [-0.39, 0.29) is 12.5 Å². The van der Waals surface area contributed by atoms with Crippen molar-refractivity contribution in [3.63, 3.8) is 0 Å². The predicted octanol–water partition coefficient (Wildman–Crippen LogP) is 2.73. The molecule has 5 heteroatoms. The number of hydrogen-bond donors (Lipinski definition) is 2. The second-order valence-electron chi connectivity index (χ2n) is 4.45. The molecule has 1 amide bonds. The minimum absolute atomic E-state index is 0.135. The van der Waals surface area contributed by atoms with E-state index in [0.29, 0.717) is 12.2 Å². The first kappa shape index (κ1) is 14.8. The van der Waals surface area contributed by atoms with Gasteiger partial charge in [-0.25, -0.2) is 0 Å². The molecule has 20 heavy (non-hydrogen) atoms. The Labute approximate surface area is 126 Å². The molecule has 0 bridgehead atoms. The van der Waals surface area contributed by atoms with E-state index in [9.17, 15) is 9.90 Å². The van der Waals surface area contributed by atoms with Gasteiger partial charge in [0, 0.05) is 17.2 Å². The molecule has 0 aliphatic rings. The van der Waals surface area contributed by atoms with E-state index in [1.807, 2.05) is 48.0 Å². The van der Waals surface area contributed by atoms with Gasteiger partial charge in [-0.3, -0.25) is 4.79 Å². The summed E-state index contributed by atoms with van der Waals surface area (Å²) in [6.45, 7) is 2.55. The maximum absolute atomic E-state index is 12.3. The number of rotatable bonds is 5. The number of nitrogens with zero attached hydrogens (tertiary/aromatic N) is 1. The average Bonchev–Trinajstić information content (AvgIpc) is 2.86. The predicted molar refractivity (Wildman–Crippen MR) is 81.5 cm³/mol. The molecule has 1 atom stereocenters. The number of aryl methyl sites for hydroxylation is 1. The zero-order valence-corrected chi connectivity index (χ0v) is 12.8. The molecule has 1 aromatic heterocycles. The number of hydrogen-bond acceptors (Lipinski definition) is 2. The van der Waals surface area contributed by atoms with Crippen LogP contribution in [-0.4, -0.2) is 22.2 Å². The third-order valence-electron chi connectivity index (χ3n) is 3.13. The Bertz CT molecular complexity index is 581. The van der Waals surface area contributed by atoms with Crippen LogP contribution in [0.1, 0.15) is 29.0 Å². The van der Waals surface area contributed by atoms with Crippen LogP contribution >= 0.6 is 15.9 Å². The summed E-state index contributed by atoms with van der Waals surface area (Å²) in [5, 5.41) is 12.3. The van der Waals surface area contributed by atoms with Crippen LogP contribution in [0, 0.1) is 0 Å². The molecule has 0 aliphatic carbocycles. The van der Waals surface area contributed by atoms with Crippen LogP contribution in [0.4, 0.5) is 0 Å². The van der Waals surface area contributed by atoms with Crippen LogP contribution in [0.5, 0.6) is 0 Å². The van der Waals surface area contributed by atoms with Crippen molar-refractivity contribution in [1.82, 2.24) is 9.88 Å². The zero-order chi connectivity index (χ0) is 14.5. The molecular weight excluding hydrogens is 320 g/mol. The molecule has 2 rings (SSSR count). The van der Waals surface area contributed by atoms with Crippen LogP contribution in [0.25, 0.3) is 0 Å². The first-order valence-electron chi connectivity index (χ1n) is 6.48. The summed E-state index contributed by atoms with van der Waals surface area (Å²) in [6.07, 6.45) is 1.87. The standard InChI is InChI=1S/C15H17BrN2O2/c1-2-18-9-12(16)8-14(18)15(20)17-13(10-19)11-6-4-3-5-7-11/h3-9,13,19H,2,10H2,1H3,(H,17,20)/t13-/m1/s1. The van der Waals surface area contributed by atoms with Gasteiger partial charge in [-0.1, -0.05) is 30.3 Å². The van der Waals surface area contributed by atoms with E-state index in [2.05, 4.69) is 21.2 Å². The highest BCUT2D eigenvalue weighted by Crippen LogP contribution is 2.17. The summed E-state index contributed by atoms with van der Waals surface area (Å²) < 4.78 is 2.73.